The number of piperidine rings is 1. The number of hydrogen-bond donors (Lipinski definition) is 1. The molecule has 1 aliphatic rings. The lowest BCUT2D eigenvalue weighted by Crippen LogP contribution is -2.40. The Bertz CT molecular complexity index is 1130. The van der Waals surface area contributed by atoms with Crippen molar-refractivity contribution < 1.29 is 22.5 Å². The number of benzene rings is 2. The summed E-state index contributed by atoms with van der Waals surface area (Å²) < 4.78 is 44.4. The van der Waals surface area contributed by atoms with Crippen molar-refractivity contribution in [2.75, 3.05) is 18.4 Å². The molecule has 1 saturated heterocycles. The number of nitrogens with zero attached hydrogens (tertiary/aromatic N) is 3. The molecule has 174 valence electrons. The van der Waals surface area contributed by atoms with E-state index in [2.05, 4.69) is 15.5 Å². The highest BCUT2D eigenvalue weighted by molar-refractivity contribution is 6.33. The van der Waals surface area contributed by atoms with E-state index >= 15 is 0 Å². The van der Waals surface area contributed by atoms with Crippen LogP contribution in [-0.2, 0) is 17.5 Å². The van der Waals surface area contributed by atoms with Crippen LogP contribution < -0.4 is 5.32 Å². The predicted octanol–water partition coefficient (Wildman–Crippen LogP) is 5.57. The molecular weight excluding hydrogens is 457 g/mol. The molecular formula is C23H22ClF3N4O2. The summed E-state index contributed by atoms with van der Waals surface area (Å²) in [4.78, 5) is 19.2. The van der Waals surface area contributed by atoms with Crippen LogP contribution in [0.3, 0.4) is 0 Å². The molecule has 1 aliphatic heterocycles. The predicted molar refractivity (Wildman–Crippen MR) is 118 cm³/mol. The smallest absolute Gasteiger partial charge is 0.338 e. The minimum absolute atomic E-state index is 0.0479. The van der Waals surface area contributed by atoms with Crippen LogP contribution in [0.15, 0.2) is 47.0 Å². The number of alkyl halides is 3. The number of aromatic nitrogens is 2. The van der Waals surface area contributed by atoms with Gasteiger partial charge in [-0.1, -0.05) is 46.6 Å². The monoisotopic (exact) mass is 478 g/mol. The molecule has 0 aliphatic carbocycles. The number of anilines is 1. The minimum Gasteiger partial charge on any atom is -0.338 e. The van der Waals surface area contributed by atoms with E-state index in [1.54, 1.807) is 0 Å². The van der Waals surface area contributed by atoms with Gasteiger partial charge in [0.2, 0.25) is 17.6 Å². The van der Waals surface area contributed by atoms with Gasteiger partial charge in [0.05, 0.1) is 28.7 Å². The number of halogens is 4. The highest BCUT2D eigenvalue weighted by atomic mass is 35.5. The molecule has 1 atom stereocenters. The van der Waals surface area contributed by atoms with Crippen molar-refractivity contribution >= 4 is 23.2 Å². The van der Waals surface area contributed by atoms with Crippen LogP contribution in [0.2, 0.25) is 5.02 Å². The van der Waals surface area contributed by atoms with E-state index in [1.807, 2.05) is 36.1 Å². The summed E-state index contributed by atoms with van der Waals surface area (Å²) in [7, 11) is 0. The van der Waals surface area contributed by atoms with Crippen LogP contribution in [0.1, 0.15) is 29.9 Å². The molecule has 2 heterocycles. The molecule has 1 fully saturated rings. The standard InChI is InChI=1S/C23H22ClF3N4O2/c1-14-4-6-15(7-5-14)21-29-20(33-30-21)13-31-10-2-3-16(12-31)22(32)28-19-11-17(23(25,26)27)8-9-18(19)24/h4-9,11,16H,2-3,10,12-13H2,1H3,(H,28,32). The number of amides is 1. The van der Waals surface area contributed by atoms with E-state index < -0.39 is 17.7 Å². The zero-order valence-electron chi connectivity index (χ0n) is 17.8. The number of aryl methyl sites for hydroxylation is 1. The Hall–Kier alpha value is -2.91. The fraction of sp³-hybridized carbons (Fsp3) is 0.348. The molecule has 3 aromatic rings. The summed E-state index contributed by atoms with van der Waals surface area (Å²) in [6.45, 7) is 3.54. The normalized spacial score (nSPS) is 17.2. The van der Waals surface area contributed by atoms with Gasteiger partial charge in [-0.15, -0.1) is 0 Å². The first-order valence-corrected chi connectivity index (χ1v) is 10.9. The first-order chi connectivity index (χ1) is 15.7. The topological polar surface area (TPSA) is 71.3 Å². The summed E-state index contributed by atoms with van der Waals surface area (Å²) >= 11 is 6.01. The molecule has 1 amide bonds. The molecule has 1 N–H and O–H groups in total. The number of carbonyl (C=O) groups is 1. The lowest BCUT2D eigenvalue weighted by atomic mass is 9.97. The van der Waals surface area contributed by atoms with Gasteiger partial charge < -0.3 is 9.84 Å². The third kappa shape index (κ3) is 5.72. The molecule has 4 rings (SSSR count). The van der Waals surface area contributed by atoms with Gasteiger partial charge in [-0.25, -0.2) is 0 Å². The average Bonchev–Trinajstić information content (AvgIpc) is 3.23. The fourth-order valence-corrected chi connectivity index (χ4v) is 3.94. The van der Waals surface area contributed by atoms with Gasteiger partial charge in [0.25, 0.3) is 0 Å². The molecule has 10 heteroatoms. The number of rotatable bonds is 5. The summed E-state index contributed by atoms with van der Waals surface area (Å²) in [5.41, 5.74) is 1.07. The van der Waals surface area contributed by atoms with E-state index in [0.717, 1.165) is 42.3 Å². The molecule has 2 aromatic carbocycles. The third-order valence-corrected chi connectivity index (χ3v) is 5.89. The molecule has 0 saturated carbocycles. The summed E-state index contributed by atoms with van der Waals surface area (Å²) in [5.74, 6) is 0.165. The minimum atomic E-state index is -4.52. The first-order valence-electron chi connectivity index (χ1n) is 10.5. The van der Waals surface area contributed by atoms with Crippen molar-refractivity contribution in [1.29, 1.82) is 0 Å². The van der Waals surface area contributed by atoms with E-state index in [-0.39, 0.29) is 16.6 Å². The second-order valence-electron chi connectivity index (χ2n) is 8.13. The molecule has 0 radical (unpaired) electrons. The SMILES string of the molecule is Cc1ccc(-c2noc(CN3CCCC(C(=O)Nc4cc(C(F)(F)F)ccc4Cl)C3)n2)cc1. The van der Waals surface area contributed by atoms with Crippen LogP contribution >= 0.6 is 11.6 Å². The number of likely N-dealkylation sites (tertiary alicyclic amines) is 1. The highest BCUT2D eigenvalue weighted by Crippen LogP contribution is 2.34. The lowest BCUT2D eigenvalue weighted by Gasteiger charge is -2.31. The Kier molecular flexibility index (Phi) is 6.71. The van der Waals surface area contributed by atoms with Gasteiger partial charge in [-0.2, -0.15) is 18.2 Å². The van der Waals surface area contributed by atoms with Crippen LogP contribution in [0.5, 0.6) is 0 Å². The van der Waals surface area contributed by atoms with Crippen molar-refractivity contribution in [2.24, 2.45) is 5.92 Å². The lowest BCUT2D eigenvalue weighted by molar-refractivity contribution is -0.137. The van der Waals surface area contributed by atoms with Crippen LogP contribution in [0.4, 0.5) is 18.9 Å². The number of nitrogens with one attached hydrogen (secondary N) is 1. The van der Waals surface area contributed by atoms with Gasteiger partial charge in [0, 0.05) is 12.1 Å². The van der Waals surface area contributed by atoms with Crippen LogP contribution in [0.25, 0.3) is 11.4 Å². The van der Waals surface area contributed by atoms with Crippen molar-refractivity contribution in [2.45, 2.75) is 32.5 Å². The Morgan fingerprint density at radius 2 is 2.00 bits per heavy atom. The molecule has 0 bridgehead atoms. The molecule has 1 aromatic heterocycles. The first kappa shape index (κ1) is 23.3. The van der Waals surface area contributed by atoms with E-state index in [4.69, 9.17) is 16.1 Å². The molecule has 6 nitrogen and oxygen atoms in total. The zero-order chi connectivity index (χ0) is 23.6. The largest absolute Gasteiger partial charge is 0.416 e. The van der Waals surface area contributed by atoms with E-state index in [1.165, 1.54) is 0 Å². The van der Waals surface area contributed by atoms with E-state index in [9.17, 15) is 18.0 Å². The summed E-state index contributed by atoms with van der Waals surface area (Å²) in [6.07, 6.45) is -3.14. The van der Waals surface area contributed by atoms with Crippen molar-refractivity contribution in [3.05, 3.63) is 64.5 Å². The second-order valence-corrected chi connectivity index (χ2v) is 8.54. The van der Waals surface area contributed by atoms with Gasteiger partial charge in [-0.3, -0.25) is 9.69 Å². The molecule has 1 unspecified atom stereocenters. The van der Waals surface area contributed by atoms with Gasteiger partial charge in [-0.05, 0) is 44.5 Å². The second kappa shape index (κ2) is 9.52. The Morgan fingerprint density at radius 3 is 2.73 bits per heavy atom. The van der Waals surface area contributed by atoms with Crippen molar-refractivity contribution in [3.63, 3.8) is 0 Å². The van der Waals surface area contributed by atoms with Gasteiger partial charge in [0.15, 0.2) is 0 Å². The van der Waals surface area contributed by atoms with Crippen molar-refractivity contribution in [1.82, 2.24) is 15.0 Å². The Morgan fingerprint density at radius 1 is 1.24 bits per heavy atom. The van der Waals surface area contributed by atoms with Crippen molar-refractivity contribution in [3.8, 4) is 11.4 Å². The Balaban J connectivity index is 1.39. The van der Waals surface area contributed by atoms with Crippen LogP contribution in [-0.4, -0.2) is 34.0 Å². The molecule has 33 heavy (non-hydrogen) atoms. The summed E-state index contributed by atoms with van der Waals surface area (Å²) in [5, 5.41) is 6.64. The maximum absolute atomic E-state index is 13.0. The Labute approximate surface area is 193 Å². The van der Waals surface area contributed by atoms with Gasteiger partial charge >= 0.3 is 6.18 Å². The van der Waals surface area contributed by atoms with E-state index in [0.29, 0.717) is 31.2 Å². The zero-order valence-corrected chi connectivity index (χ0v) is 18.6. The maximum Gasteiger partial charge on any atom is 0.416 e. The number of hydrogen-bond acceptors (Lipinski definition) is 5. The third-order valence-electron chi connectivity index (χ3n) is 5.56. The summed E-state index contributed by atoms with van der Waals surface area (Å²) in [6, 6.07) is 10.6. The van der Waals surface area contributed by atoms with Gasteiger partial charge in [0.1, 0.15) is 0 Å². The quantitative estimate of drug-likeness (QED) is 0.519. The maximum atomic E-state index is 13.0. The molecule has 0 spiro atoms. The average molecular weight is 479 g/mol. The van der Waals surface area contributed by atoms with Crippen LogP contribution in [0, 0.1) is 12.8 Å². The fourth-order valence-electron chi connectivity index (χ4n) is 3.78. The number of carbonyl (C=O) groups excluding carboxylic acids is 1. The highest BCUT2D eigenvalue weighted by Gasteiger charge is 2.32.